The molecule has 3 N–H and O–H groups in total. The maximum absolute atomic E-state index is 14.2. The Hall–Kier alpha value is -3.53. The van der Waals surface area contributed by atoms with Crippen molar-refractivity contribution in [3.05, 3.63) is 53.6 Å². The number of likely N-dealkylation sites (tertiary alicyclic amines) is 1. The first-order valence-electron chi connectivity index (χ1n) is 12.2. The molecule has 2 aliphatic heterocycles. The van der Waals surface area contributed by atoms with Gasteiger partial charge in [0.05, 0.1) is 29.3 Å². The number of nitrogens with one attached hydrogen (secondary N) is 2. The molecule has 1 amide bonds. The van der Waals surface area contributed by atoms with Gasteiger partial charge in [0.15, 0.2) is 5.82 Å². The topological polar surface area (TPSA) is 86.2 Å². The van der Waals surface area contributed by atoms with Crippen LogP contribution in [0.5, 0.6) is 0 Å². The largest absolute Gasteiger partial charge is 0.465 e. The second-order valence-electron chi connectivity index (χ2n) is 9.77. The molecular weight excluding hydrogens is 471 g/mol. The van der Waals surface area contributed by atoms with Crippen molar-refractivity contribution in [1.82, 2.24) is 24.8 Å². The molecule has 2 fully saturated rings. The van der Waals surface area contributed by atoms with E-state index in [9.17, 15) is 23.1 Å². The zero-order valence-corrected chi connectivity index (χ0v) is 19.5. The number of hydrogen-bond donors (Lipinski definition) is 3. The molecule has 4 aromatic rings. The Morgan fingerprint density at radius 2 is 1.97 bits per heavy atom. The molecule has 0 aliphatic carbocycles. The first kappa shape index (κ1) is 22.9. The van der Waals surface area contributed by atoms with E-state index < -0.39 is 24.1 Å². The van der Waals surface area contributed by atoms with Crippen LogP contribution < -0.4 is 5.32 Å². The minimum atomic E-state index is -1.25. The quantitative estimate of drug-likeness (QED) is 0.368. The zero-order valence-electron chi connectivity index (χ0n) is 19.5. The first-order valence-corrected chi connectivity index (χ1v) is 12.2. The number of hydrogen-bond acceptors (Lipinski definition) is 3. The molecule has 0 unspecified atom stereocenters. The van der Waals surface area contributed by atoms with Crippen LogP contribution in [0.1, 0.15) is 24.8 Å². The second-order valence-corrected chi connectivity index (χ2v) is 9.77. The van der Waals surface area contributed by atoms with Gasteiger partial charge in [0, 0.05) is 36.0 Å². The van der Waals surface area contributed by atoms with Gasteiger partial charge in [0.25, 0.3) is 0 Å². The van der Waals surface area contributed by atoms with Crippen LogP contribution in [0.25, 0.3) is 33.5 Å². The van der Waals surface area contributed by atoms with E-state index in [2.05, 4.69) is 10.3 Å². The van der Waals surface area contributed by atoms with Crippen molar-refractivity contribution in [3.63, 3.8) is 0 Å². The summed E-state index contributed by atoms with van der Waals surface area (Å²) in [7, 11) is 0. The summed E-state index contributed by atoms with van der Waals surface area (Å²) in [6.07, 6.45) is 0.432. The van der Waals surface area contributed by atoms with Crippen molar-refractivity contribution in [2.24, 2.45) is 0 Å². The molecule has 2 aromatic carbocycles. The molecule has 0 bridgehead atoms. The van der Waals surface area contributed by atoms with Crippen LogP contribution in [-0.4, -0.2) is 62.0 Å². The first-order chi connectivity index (χ1) is 17.4. The molecular formula is C26H26F3N5O2. The highest BCUT2D eigenvalue weighted by atomic mass is 19.1. The van der Waals surface area contributed by atoms with Crippen LogP contribution in [0.15, 0.2) is 36.4 Å². The van der Waals surface area contributed by atoms with Crippen LogP contribution in [0.2, 0.25) is 0 Å². The number of benzene rings is 2. The van der Waals surface area contributed by atoms with E-state index >= 15 is 0 Å². The summed E-state index contributed by atoms with van der Waals surface area (Å²) in [5, 5.41) is 14.0. The van der Waals surface area contributed by atoms with E-state index in [0.717, 1.165) is 35.2 Å². The molecule has 0 saturated carbocycles. The predicted molar refractivity (Wildman–Crippen MR) is 130 cm³/mol. The number of fused-ring (bicyclic) bond motifs is 2. The Kier molecular flexibility index (Phi) is 5.63. The van der Waals surface area contributed by atoms with E-state index in [0.29, 0.717) is 34.5 Å². The summed E-state index contributed by atoms with van der Waals surface area (Å²) in [6, 6.07) is 8.54. The van der Waals surface area contributed by atoms with Crippen LogP contribution >= 0.6 is 0 Å². The smallest absolute Gasteiger partial charge is 0.407 e. The van der Waals surface area contributed by atoms with Crippen molar-refractivity contribution in [1.29, 1.82) is 0 Å². The fraction of sp³-hybridized carbons (Fsp3) is 0.385. The molecule has 4 heterocycles. The molecule has 7 nitrogen and oxygen atoms in total. The lowest BCUT2D eigenvalue weighted by atomic mass is 10.0. The molecule has 2 saturated heterocycles. The van der Waals surface area contributed by atoms with Gasteiger partial charge in [-0.05, 0) is 61.7 Å². The van der Waals surface area contributed by atoms with Gasteiger partial charge in [-0.15, -0.1) is 0 Å². The Bertz CT molecular complexity index is 1460. The normalized spacial score (nSPS) is 22.3. The Morgan fingerprint density at radius 3 is 2.75 bits per heavy atom. The van der Waals surface area contributed by atoms with Gasteiger partial charge in [-0.3, -0.25) is 0 Å². The van der Waals surface area contributed by atoms with Crippen LogP contribution in [0, 0.1) is 11.6 Å². The van der Waals surface area contributed by atoms with Gasteiger partial charge in [-0.2, -0.15) is 0 Å². The number of imidazole rings is 1. The maximum atomic E-state index is 14.2. The third-order valence-corrected chi connectivity index (χ3v) is 7.42. The predicted octanol–water partition coefficient (Wildman–Crippen LogP) is 4.85. The number of aromatic nitrogens is 3. The highest BCUT2D eigenvalue weighted by Crippen LogP contribution is 2.35. The van der Waals surface area contributed by atoms with Crippen molar-refractivity contribution in [2.45, 2.75) is 50.5 Å². The number of rotatable bonds is 5. The fourth-order valence-corrected chi connectivity index (χ4v) is 5.76. The highest BCUT2D eigenvalue weighted by molar-refractivity contribution is 5.91. The van der Waals surface area contributed by atoms with Crippen LogP contribution in [0.4, 0.5) is 18.0 Å². The molecule has 0 radical (unpaired) electrons. The van der Waals surface area contributed by atoms with Crippen LogP contribution in [-0.2, 0) is 13.0 Å². The van der Waals surface area contributed by atoms with Gasteiger partial charge in [0.1, 0.15) is 17.8 Å². The van der Waals surface area contributed by atoms with Gasteiger partial charge in [0.2, 0.25) is 0 Å². The average molecular weight is 498 g/mol. The molecule has 3 atom stereocenters. The van der Waals surface area contributed by atoms with Gasteiger partial charge in [-0.1, -0.05) is 0 Å². The second kappa shape index (κ2) is 8.85. The van der Waals surface area contributed by atoms with Crippen molar-refractivity contribution < 1.29 is 23.1 Å². The van der Waals surface area contributed by atoms with E-state index in [-0.39, 0.29) is 31.4 Å². The summed E-state index contributed by atoms with van der Waals surface area (Å²) in [5.41, 5.74) is 3.30. The number of halogens is 3. The lowest BCUT2D eigenvalue weighted by Gasteiger charge is -2.23. The third-order valence-electron chi connectivity index (χ3n) is 7.42. The molecule has 10 heteroatoms. The molecule has 6 rings (SSSR count). The standard InChI is InChI=1S/C26H26F3N5O2/c27-14-3-5-19-20(11-17-2-1-7-30-17)24(31-21(19)9-14)25-32-22-10-15(28)4-6-23(22)34(25)13-18-8-16(29)12-33(18)26(35)36/h3-6,9-10,16-18,30-31H,1-2,7-8,11-13H2,(H,35,36)/t16-,17-,18-/m0/s1. The van der Waals surface area contributed by atoms with Crippen LogP contribution in [0.3, 0.4) is 0 Å². The molecule has 188 valence electrons. The monoisotopic (exact) mass is 497 g/mol. The van der Waals surface area contributed by atoms with Gasteiger partial charge >= 0.3 is 6.09 Å². The summed E-state index contributed by atoms with van der Waals surface area (Å²) in [5.74, 6) is -0.314. The molecule has 36 heavy (non-hydrogen) atoms. The van der Waals surface area contributed by atoms with Crippen molar-refractivity contribution >= 4 is 28.0 Å². The third kappa shape index (κ3) is 3.99. The molecule has 0 spiro atoms. The van der Waals surface area contributed by atoms with E-state index in [4.69, 9.17) is 4.98 Å². The van der Waals surface area contributed by atoms with Crippen molar-refractivity contribution in [3.8, 4) is 11.5 Å². The molecule has 2 aliphatic rings. The van der Waals surface area contributed by atoms with E-state index in [1.54, 1.807) is 12.1 Å². The Labute approximate surface area is 204 Å². The number of aromatic amines is 1. The summed E-state index contributed by atoms with van der Waals surface area (Å²) >= 11 is 0. The number of carboxylic acid groups (broad SMARTS) is 1. The minimum absolute atomic E-state index is 0.0728. The molecule has 2 aromatic heterocycles. The lowest BCUT2D eigenvalue weighted by molar-refractivity contribution is 0.134. The lowest BCUT2D eigenvalue weighted by Crippen LogP contribution is -2.37. The summed E-state index contributed by atoms with van der Waals surface area (Å²) in [6.45, 7) is 0.918. The van der Waals surface area contributed by atoms with Crippen molar-refractivity contribution in [2.75, 3.05) is 13.1 Å². The number of carbonyl (C=O) groups is 1. The fourth-order valence-electron chi connectivity index (χ4n) is 5.76. The van der Waals surface area contributed by atoms with Gasteiger partial charge in [-0.25, -0.2) is 22.9 Å². The van der Waals surface area contributed by atoms with E-state index in [1.165, 1.54) is 24.3 Å². The number of H-pyrrole nitrogens is 1. The van der Waals surface area contributed by atoms with E-state index in [1.807, 2.05) is 4.57 Å². The average Bonchev–Trinajstić information content (AvgIpc) is 3.61. The zero-order chi connectivity index (χ0) is 25.0. The summed E-state index contributed by atoms with van der Waals surface area (Å²) < 4.78 is 44.3. The number of amides is 1. The summed E-state index contributed by atoms with van der Waals surface area (Å²) in [4.78, 5) is 21.0. The Balaban J connectivity index is 1.52. The highest BCUT2D eigenvalue weighted by Gasteiger charge is 2.36. The SMILES string of the molecule is O=C(O)N1C[C@@H](F)C[C@H]1Cn1c(-c2[nH]c3cc(F)ccc3c2C[C@@H]2CCCN2)nc2cc(F)ccc21. The minimum Gasteiger partial charge on any atom is -0.465 e. The number of alkyl halides is 1. The van der Waals surface area contributed by atoms with Gasteiger partial charge < -0.3 is 24.9 Å². The number of nitrogens with zero attached hydrogens (tertiary/aromatic N) is 3. The Morgan fingerprint density at radius 1 is 1.17 bits per heavy atom. The maximum Gasteiger partial charge on any atom is 0.407 e.